The van der Waals surface area contributed by atoms with E-state index in [0.717, 1.165) is 48.5 Å². The van der Waals surface area contributed by atoms with Crippen molar-refractivity contribution < 1.29 is 9.53 Å². The van der Waals surface area contributed by atoms with Crippen molar-refractivity contribution in [2.75, 3.05) is 18.5 Å². The Bertz CT molecular complexity index is 961. The number of hydrogen-bond acceptors (Lipinski definition) is 6. The third-order valence-corrected chi connectivity index (χ3v) is 4.64. The lowest BCUT2D eigenvalue weighted by molar-refractivity contribution is 0.0904. The largest absolute Gasteiger partial charge is 0.381 e. The lowest BCUT2D eigenvalue weighted by Crippen LogP contribution is -2.28. The number of carbonyl (C=O) groups is 1. The van der Waals surface area contributed by atoms with Crippen LogP contribution in [-0.2, 0) is 4.74 Å². The minimum atomic E-state index is 0.00279. The first kappa shape index (κ1) is 23.5. The van der Waals surface area contributed by atoms with Gasteiger partial charge in [-0.3, -0.25) is 14.9 Å². The Kier molecular flexibility index (Phi) is 8.92. The van der Waals surface area contributed by atoms with Crippen molar-refractivity contribution in [3.8, 4) is 11.4 Å². The molecule has 1 saturated heterocycles. The van der Waals surface area contributed by atoms with Gasteiger partial charge in [0.2, 0.25) is 0 Å². The van der Waals surface area contributed by atoms with Gasteiger partial charge in [0.05, 0.1) is 16.6 Å². The van der Waals surface area contributed by atoms with Crippen LogP contribution in [0.1, 0.15) is 63.5 Å². The molecule has 0 radical (unpaired) electrons. The Morgan fingerprint density at radius 2 is 1.87 bits per heavy atom. The fourth-order valence-electron chi connectivity index (χ4n) is 3.28. The molecule has 30 heavy (non-hydrogen) atoms. The van der Waals surface area contributed by atoms with Gasteiger partial charge in [0.1, 0.15) is 11.5 Å². The molecular formula is C23H33N5O2. The predicted molar refractivity (Wildman–Crippen MR) is 122 cm³/mol. The van der Waals surface area contributed by atoms with Crippen LogP contribution >= 0.6 is 0 Å². The van der Waals surface area contributed by atoms with Crippen LogP contribution in [0.25, 0.3) is 22.3 Å². The minimum absolute atomic E-state index is 0.00279. The van der Waals surface area contributed by atoms with Gasteiger partial charge >= 0.3 is 0 Å². The van der Waals surface area contributed by atoms with Crippen molar-refractivity contribution in [3.63, 3.8) is 0 Å². The number of aromatic nitrogens is 4. The predicted octanol–water partition coefficient (Wildman–Crippen LogP) is 5.17. The average Bonchev–Trinajstić information content (AvgIpc) is 3.21. The van der Waals surface area contributed by atoms with Crippen LogP contribution in [0.2, 0.25) is 0 Å². The summed E-state index contributed by atoms with van der Waals surface area (Å²) in [5.41, 5.74) is 3.78. The molecule has 0 saturated carbocycles. The number of nitrogens with zero attached hydrogens (tertiary/aromatic N) is 3. The second-order valence-electron chi connectivity index (χ2n) is 6.62. The number of aryl methyl sites for hydroxylation is 1. The fourth-order valence-corrected chi connectivity index (χ4v) is 3.28. The van der Waals surface area contributed by atoms with E-state index in [1.165, 1.54) is 0 Å². The molecule has 0 amide bonds. The third-order valence-electron chi connectivity index (χ3n) is 4.64. The Balaban J connectivity index is 0.000000757. The number of anilines is 1. The lowest BCUT2D eigenvalue weighted by atomic mass is 10.1. The van der Waals surface area contributed by atoms with E-state index in [9.17, 15) is 4.79 Å². The zero-order valence-electron chi connectivity index (χ0n) is 18.9. The number of H-pyrrole nitrogens is 1. The molecular weight excluding hydrogens is 378 g/mol. The third kappa shape index (κ3) is 5.42. The molecule has 1 fully saturated rings. The summed E-state index contributed by atoms with van der Waals surface area (Å²) in [6.45, 7) is 13.0. The van der Waals surface area contributed by atoms with Gasteiger partial charge in [-0.25, -0.2) is 4.98 Å². The number of pyridine rings is 2. The molecule has 7 heteroatoms. The summed E-state index contributed by atoms with van der Waals surface area (Å²) >= 11 is 0. The molecule has 1 aliphatic rings. The zero-order valence-corrected chi connectivity index (χ0v) is 18.9. The van der Waals surface area contributed by atoms with Crippen molar-refractivity contribution >= 4 is 22.5 Å². The van der Waals surface area contributed by atoms with E-state index in [1.807, 2.05) is 40.7 Å². The first-order chi connectivity index (χ1) is 14.6. The van der Waals surface area contributed by atoms with Gasteiger partial charge in [-0.05, 0) is 44.9 Å². The Morgan fingerprint density at radius 3 is 2.53 bits per heavy atom. The second kappa shape index (κ2) is 11.4. The number of aromatic amines is 1. The van der Waals surface area contributed by atoms with E-state index < -0.39 is 0 Å². The summed E-state index contributed by atoms with van der Waals surface area (Å²) < 4.78 is 5.44. The monoisotopic (exact) mass is 411 g/mol. The highest BCUT2D eigenvalue weighted by molar-refractivity contribution is 6.01. The van der Waals surface area contributed by atoms with Gasteiger partial charge in [-0.2, -0.15) is 5.10 Å². The molecule has 0 aromatic carbocycles. The smallest absolute Gasteiger partial charge is 0.159 e. The molecule has 0 atom stereocenters. The SMILES string of the molecule is CC.CC.CC(=O)c1ccnc(-c2n[nH]c3cc(C)nc(NC4CCOCC4)c23)c1. The molecule has 4 heterocycles. The lowest BCUT2D eigenvalue weighted by Gasteiger charge is -2.24. The number of Topliss-reactive ketones (excluding diaryl/α,β-unsaturated/α-hetero) is 1. The summed E-state index contributed by atoms with van der Waals surface area (Å²) in [5.74, 6) is 0.800. The van der Waals surface area contributed by atoms with Gasteiger partial charge in [0.15, 0.2) is 5.78 Å². The summed E-state index contributed by atoms with van der Waals surface area (Å²) in [6.07, 6.45) is 3.53. The van der Waals surface area contributed by atoms with Crippen LogP contribution in [0.3, 0.4) is 0 Å². The molecule has 1 aliphatic heterocycles. The molecule has 0 unspecified atom stereocenters. The number of ether oxygens (including phenoxy) is 1. The van der Waals surface area contributed by atoms with E-state index in [0.29, 0.717) is 23.0 Å². The number of rotatable bonds is 4. The molecule has 0 aliphatic carbocycles. The number of nitrogens with one attached hydrogen (secondary N) is 2. The Hall–Kier alpha value is -2.80. The van der Waals surface area contributed by atoms with Crippen molar-refractivity contribution in [2.24, 2.45) is 0 Å². The number of ketones is 1. The molecule has 162 valence electrons. The Morgan fingerprint density at radius 1 is 1.17 bits per heavy atom. The summed E-state index contributed by atoms with van der Waals surface area (Å²) in [7, 11) is 0. The van der Waals surface area contributed by atoms with E-state index >= 15 is 0 Å². The van der Waals surface area contributed by atoms with E-state index in [-0.39, 0.29) is 5.78 Å². The van der Waals surface area contributed by atoms with Gasteiger partial charge in [0.25, 0.3) is 0 Å². The number of hydrogen-bond donors (Lipinski definition) is 2. The highest BCUT2D eigenvalue weighted by Crippen LogP contribution is 2.32. The second-order valence-corrected chi connectivity index (χ2v) is 6.62. The van der Waals surface area contributed by atoms with Crippen LogP contribution in [0.4, 0.5) is 5.82 Å². The van der Waals surface area contributed by atoms with Crippen LogP contribution in [0.15, 0.2) is 24.4 Å². The van der Waals surface area contributed by atoms with Crippen LogP contribution in [0.5, 0.6) is 0 Å². The van der Waals surface area contributed by atoms with Gasteiger partial charge in [0, 0.05) is 36.7 Å². The molecule has 0 spiro atoms. The molecule has 0 bridgehead atoms. The summed E-state index contributed by atoms with van der Waals surface area (Å²) in [6, 6.07) is 5.77. The molecule has 4 rings (SSSR count). The van der Waals surface area contributed by atoms with E-state index in [1.54, 1.807) is 25.3 Å². The van der Waals surface area contributed by atoms with Crippen LogP contribution in [0, 0.1) is 6.92 Å². The molecule has 7 nitrogen and oxygen atoms in total. The minimum Gasteiger partial charge on any atom is -0.381 e. The van der Waals surface area contributed by atoms with E-state index in [2.05, 4.69) is 20.5 Å². The number of fused-ring (bicyclic) bond motifs is 1. The quantitative estimate of drug-likeness (QED) is 0.575. The van der Waals surface area contributed by atoms with Crippen molar-refractivity contribution in [1.29, 1.82) is 0 Å². The maximum atomic E-state index is 11.7. The molecule has 3 aromatic heterocycles. The normalized spacial score (nSPS) is 13.7. The fraction of sp³-hybridized carbons (Fsp3) is 0.478. The Labute approximate surface area is 178 Å². The van der Waals surface area contributed by atoms with Crippen molar-refractivity contribution in [3.05, 3.63) is 35.7 Å². The number of carbonyl (C=O) groups excluding carboxylic acids is 1. The van der Waals surface area contributed by atoms with Crippen LogP contribution < -0.4 is 5.32 Å². The van der Waals surface area contributed by atoms with E-state index in [4.69, 9.17) is 9.72 Å². The average molecular weight is 412 g/mol. The van der Waals surface area contributed by atoms with Gasteiger partial charge in [-0.15, -0.1) is 0 Å². The van der Waals surface area contributed by atoms with Gasteiger partial charge in [-0.1, -0.05) is 27.7 Å². The van der Waals surface area contributed by atoms with Crippen molar-refractivity contribution in [1.82, 2.24) is 20.2 Å². The standard InChI is InChI=1S/C19H21N5O2.2C2H6/c1-11-9-15-17(19(21-11)22-14-4-7-26-8-5-14)18(24-23-15)16-10-13(12(2)25)3-6-20-16;2*1-2/h3,6,9-10,14H,4-5,7-8H2,1-2H3,(H,21,22)(H,23,24);2*1-2H3. The molecule has 3 aromatic rings. The van der Waals surface area contributed by atoms with Gasteiger partial charge < -0.3 is 10.1 Å². The topological polar surface area (TPSA) is 92.8 Å². The highest BCUT2D eigenvalue weighted by atomic mass is 16.5. The summed E-state index contributed by atoms with van der Waals surface area (Å²) in [4.78, 5) is 20.8. The van der Waals surface area contributed by atoms with Crippen LogP contribution in [-0.4, -0.2) is 45.2 Å². The molecule has 2 N–H and O–H groups in total. The highest BCUT2D eigenvalue weighted by Gasteiger charge is 2.20. The first-order valence-electron chi connectivity index (χ1n) is 10.8. The zero-order chi connectivity index (χ0) is 22.1. The first-order valence-corrected chi connectivity index (χ1v) is 10.8. The van der Waals surface area contributed by atoms with Crippen molar-refractivity contribution in [2.45, 2.75) is 60.4 Å². The summed E-state index contributed by atoms with van der Waals surface area (Å²) in [5, 5.41) is 12.0. The maximum Gasteiger partial charge on any atom is 0.159 e. The maximum absolute atomic E-state index is 11.7.